The molecule has 2 rings (SSSR count). The van der Waals surface area contributed by atoms with Gasteiger partial charge in [0.25, 0.3) is 0 Å². The van der Waals surface area contributed by atoms with Crippen molar-refractivity contribution in [2.45, 2.75) is 3.74 Å². The van der Waals surface area contributed by atoms with E-state index in [2.05, 4.69) is 47.8 Å². The van der Waals surface area contributed by atoms with Crippen LogP contribution < -0.4 is 0 Å². The molecule has 0 aromatic heterocycles. The number of benzene rings is 2. The van der Waals surface area contributed by atoms with Gasteiger partial charge >= 0.3 is 0 Å². The van der Waals surface area contributed by atoms with E-state index < -0.39 is 0 Å². The standard InChI is InChI=1S/C14H8Br3ClO/c15-11-7-8(14(16)17)5-6-9(11)13(19)10-3-1-2-4-12(10)18/h1-7,14H. The van der Waals surface area contributed by atoms with Gasteiger partial charge in [-0.15, -0.1) is 0 Å². The molecule has 0 amide bonds. The van der Waals surface area contributed by atoms with E-state index in [1.54, 1.807) is 30.3 Å². The largest absolute Gasteiger partial charge is 0.289 e. The first-order valence-electron chi connectivity index (χ1n) is 5.37. The quantitative estimate of drug-likeness (QED) is 0.393. The zero-order valence-electron chi connectivity index (χ0n) is 9.54. The van der Waals surface area contributed by atoms with Gasteiger partial charge in [0.05, 0.1) is 8.76 Å². The molecule has 1 nitrogen and oxygen atoms in total. The maximum absolute atomic E-state index is 12.4. The minimum Gasteiger partial charge on any atom is -0.289 e. The van der Waals surface area contributed by atoms with E-state index in [0.29, 0.717) is 16.1 Å². The van der Waals surface area contributed by atoms with Crippen LogP contribution in [0.25, 0.3) is 0 Å². The number of halogens is 4. The summed E-state index contributed by atoms with van der Waals surface area (Å²) in [4.78, 5) is 12.4. The van der Waals surface area contributed by atoms with Crippen molar-refractivity contribution in [2.24, 2.45) is 0 Å². The van der Waals surface area contributed by atoms with Crippen molar-refractivity contribution < 1.29 is 4.79 Å². The van der Waals surface area contributed by atoms with Gasteiger partial charge in [0, 0.05) is 15.6 Å². The lowest BCUT2D eigenvalue weighted by Crippen LogP contribution is -2.03. The molecule has 0 fully saturated rings. The van der Waals surface area contributed by atoms with E-state index in [1.807, 2.05) is 12.1 Å². The van der Waals surface area contributed by atoms with Crippen LogP contribution in [-0.2, 0) is 0 Å². The number of ketones is 1. The third-order valence-corrected chi connectivity index (χ3v) is 4.65. The average molecular weight is 467 g/mol. The Morgan fingerprint density at radius 1 is 1.05 bits per heavy atom. The Hall–Kier alpha value is -0.160. The van der Waals surface area contributed by atoms with Crippen LogP contribution in [0.3, 0.4) is 0 Å². The molecule has 0 radical (unpaired) electrons. The van der Waals surface area contributed by atoms with Gasteiger partial charge in [-0.3, -0.25) is 4.79 Å². The molecule has 2 aromatic rings. The summed E-state index contributed by atoms with van der Waals surface area (Å²) in [5.74, 6) is -0.0929. The summed E-state index contributed by atoms with van der Waals surface area (Å²) in [6.07, 6.45) is 0. The van der Waals surface area contributed by atoms with Crippen LogP contribution in [0.15, 0.2) is 46.9 Å². The van der Waals surface area contributed by atoms with Gasteiger partial charge in [-0.05, 0) is 29.8 Å². The number of carbonyl (C=O) groups excluding carboxylic acids is 1. The summed E-state index contributed by atoms with van der Waals surface area (Å²) in [5, 5.41) is 0.460. The number of hydrogen-bond donors (Lipinski definition) is 0. The van der Waals surface area contributed by atoms with E-state index in [-0.39, 0.29) is 9.52 Å². The second-order valence-electron chi connectivity index (χ2n) is 3.85. The average Bonchev–Trinajstić information content (AvgIpc) is 2.38. The van der Waals surface area contributed by atoms with E-state index in [4.69, 9.17) is 11.6 Å². The molecule has 0 unspecified atom stereocenters. The van der Waals surface area contributed by atoms with Crippen molar-refractivity contribution in [3.05, 3.63) is 68.7 Å². The Balaban J connectivity index is 2.43. The van der Waals surface area contributed by atoms with Crippen LogP contribution in [0.4, 0.5) is 0 Å². The second kappa shape index (κ2) is 6.53. The molecular formula is C14H8Br3ClO. The molecule has 0 aliphatic carbocycles. The van der Waals surface area contributed by atoms with Crippen LogP contribution in [-0.4, -0.2) is 5.78 Å². The van der Waals surface area contributed by atoms with Gasteiger partial charge in [0.15, 0.2) is 5.78 Å². The molecule has 0 heterocycles. The smallest absolute Gasteiger partial charge is 0.195 e. The Morgan fingerprint density at radius 2 is 1.74 bits per heavy atom. The molecule has 0 bridgehead atoms. The summed E-state index contributed by atoms with van der Waals surface area (Å²) in [6, 6.07) is 12.6. The predicted octanol–water partition coefficient (Wildman–Crippen LogP) is 6.12. The Labute approximate surface area is 141 Å². The van der Waals surface area contributed by atoms with Crippen molar-refractivity contribution in [3.8, 4) is 0 Å². The number of alkyl halides is 2. The monoisotopic (exact) mass is 464 g/mol. The minimum absolute atomic E-state index is 0.0563. The highest BCUT2D eigenvalue weighted by Gasteiger charge is 2.16. The van der Waals surface area contributed by atoms with E-state index in [0.717, 1.165) is 10.0 Å². The summed E-state index contributed by atoms with van der Waals surface area (Å²) < 4.78 is 0.805. The van der Waals surface area contributed by atoms with Crippen molar-refractivity contribution in [3.63, 3.8) is 0 Å². The lowest BCUT2D eigenvalue weighted by molar-refractivity contribution is 0.103. The fourth-order valence-electron chi connectivity index (χ4n) is 1.64. The molecular weight excluding hydrogens is 459 g/mol. The highest BCUT2D eigenvalue weighted by molar-refractivity contribution is 9.24. The van der Waals surface area contributed by atoms with E-state index >= 15 is 0 Å². The molecule has 19 heavy (non-hydrogen) atoms. The maximum Gasteiger partial charge on any atom is 0.195 e. The number of carbonyl (C=O) groups is 1. The van der Waals surface area contributed by atoms with Crippen LogP contribution in [0.5, 0.6) is 0 Å². The van der Waals surface area contributed by atoms with Gasteiger partial charge in [0.1, 0.15) is 0 Å². The van der Waals surface area contributed by atoms with Gasteiger partial charge < -0.3 is 0 Å². The predicted molar refractivity (Wildman–Crippen MR) is 89.6 cm³/mol. The maximum atomic E-state index is 12.4. The van der Waals surface area contributed by atoms with Crippen molar-refractivity contribution >= 4 is 65.2 Å². The molecule has 0 aliphatic rings. The van der Waals surface area contributed by atoms with Gasteiger partial charge in [-0.25, -0.2) is 0 Å². The van der Waals surface area contributed by atoms with Crippen molar-refractivity contribution in [1.82, 2.24) is 0 Å². The minimum atomic E-state index is -0.0929. The highest BCUT2D eigenvalue weighted by Crippen LogP contribution is 2.33. The van der Waals surface area contributed by atoms with E-state index in [9.17, 15) is 4.79 Å². The Morgan fingerprint density at radius 3 is 2.32 bits per heavy atom. The first-order valence-corrected chi connectivity index (χ1v) is 8.37. The zero-order chi connectivity index (χ0) is 14.0. The van der Waals surface area contributed by atoms with Crippen molar-refractivity contribution in [1.29, 1.82) is 0 Å². The summed E-state index contributed by atoms with van der Waals surface area (Å²) >= 11 is 16.3. The number of rotatable bonds is 3. The molecule has 0 saturated heterocycles. The lowest BCUT2D eigenvalue weighted by Gasteiger charge is -2.08. The summed E-state index contributed by atoms with van der Waals surface area (Å²) in [5.41, 5.74) is 2.13. The topological polar surface area (TPSA) is 17.1 Å². The Kier molecular flexibility index (Phi) is 5.23. The molecule has 98 valence electrons. The molecule has 0 aliphatic heterocycles. The van der Waals surface area contributed by atoms with Gasteiger partial charge in [-0.1, -0.05) is 77.6 Å². The molecule has 0 N–H and O–H groups in total. The summed E-state index contributed by atoms with van der Waals surface area (Å²) in [6.45, 7) is 0. The highest BCUT2D eigenvalue weighted by atomic mass is 79.9. The van der Waals surface area contributed by atoms with Crippen LogP contribution in [0.1, 0.15) is 25.2 Å². The lowest BCUT2D eigenvalue weighted by atomic mass is 10.0. The summed E-state index contributed by atoms with van der Waals surface area (Å²) in [7, 11) is 0. The third-order valence-electron chi connectivity index (χ3n) is 2.61. The zero-order valence-corrected chi connectivity index (χ0v) is 15.1. The third kappa shape index (κ3) is 3.48. The molecule has 0 atom stereocenters. The molecule has 0 saturated carbocycles. The van der Waals surface area contributed by atoms with Gasteiger partial charge in [0.2, 0.25) is 0 Å². The normalized spacial score (nSPS) is 10.8. The SMILES string of the molecule is O=C(c1ccccc1Cl)c1ccc(C(Br)Br)cc1Br. The molecule has 0 spiro atoms. The first-order chi connectivity index (χ1) is 9.00. The van der Waals surface area contributed by atoms with Crippen LogP contribution in [0, 0.1) is 0 Å². The van der Waals surface area contributed by atoms with Crippen LogP contribution in [0.2, 0.25) is 5.02 Å². The molecule has 5 heteroatoms. The van der Waals surface area contributed by atoms with Gasteiger partial charge in [-0.2, -0.15) is 0 Å². The first kappa shape index (κ1) is 15.2. The fraction of sp³-hybridized carbons (Fsp3) is 0.0714. The second-order valence-corrected chi connectivity index (χ2v) is 8.17. The Bertz CT molecular complexity index is 626. The van der Waals surface area contributed by atoms with E-state index in [1.165, 1.54) is 0 Å². The van der Waals surface area contributed by atoms with Crippen LogP contribution >= 0.6 is 59.4 Å². The fourth-order valence-corrected chi connectivity index (χ4v) is 3.01. The number of hydrogen-bond acceptors (Lipinski definition) is 1. The van der Waals surface area contributed by atoms with Crippen molar-refractivity contribution in [2.75, 3.05) is 0 Å². The molecule has 2 aromatic carbocycles.